The SMILES string of the molecule is C=CCOC(=O)[C@H]1[C@H]2C(=O)N([C@H](CO)c3ccccc3)C(C(=O)N(CC=C)c3ccc(N(CC)CC)cc3)C23CC(Br)[C@@H]1O3. The molecule has 1 spiro atoms. The van der Waals surface area contributed by atoms with Gasteiger partial charge in [0.15, 0.2) is 0 Å². The minimum absolute atomic E-state index is 0.00509. The Kier molecular flexibility index (Phi) is 9.62. The van der Waals surface area contributed by atoms with E-state index in [2.05, 4.69) is 47.8 Å². The summed E-state index contributed by atoms with van der Waals surface area (Å²) in [6.45, 7) is 13.1. The Labute approximate surface area is 267 Å². The monoisotopic (exact) mass is 665 g/mol. The molecular weight excluding hydrogens is 626 g/mol. The molecule has 0 aliphatic carbocycles. The number of nitrogens with zero attached hydrogens (tertiary/aromatic N) is 3. The number of esters is 1. The lowest BCUT2D eigenvalue weighted by Gasteiger charge is -2.39. The zero-order chi connectivity index (χ0) is 31.6. The van der Waals surface area contributed by atoms with Crippen molar-refractivity contribution in [3.63, 3.8) is 0 Å². The lowest BCUT2D eigenvalue weighted by molar-refractivity contribution is -0.154. The molecule has 234 valence electrons. The number of fused-ring (bicyclic) bond motifs is 1. The molecule has 0 aromatic heterocycles. The van der Waals surface area contributed by atoms with Crippen LogP contribution in [-0.2, 0) is 23.9 Å². The van der Waals surface area contributed by atoms with E-state index in [0.717, 1.165) is 18.8 Å². The highest BCUT2D eigenvalue weighted by molar-refractivity contribution is 9.09. The second-order valence-corrected chi connectivity index (χ2v) is 12.5. The Balaban J connectivity index is 1.62. The zero-order valence-corrected chi connectivity index (χ0v) is 26.8. The second-order valence-electron chi connectivity index (χ2n) is 11.4. The summed E-state index contributed by atoms with van der Waals surface area (Å²) in [5.41, 5.74) is 1.04. The van der Waals surface area contributed by atoms with E-state index >= 15 is 0 Å². The molecule has 7 atom stereocenters. The van der Waals surface area contributed by atoms with Crippen molar-refractivity contribution in [2.24, 2.45) is 11.8 Å². The van der Waals surface area contributed by atoms with Gasteiger partial charge in [0.25, 0.3) is 5.91 Å². The number of carbonyl (C=O) groups excluding carboxylic acids is 3. The number of ether oxygens (including phenoxy) is 2. The summed E-state index contributed by atoms with van der Waals surface area (Å²) in [5, 5.41) is 10.7. The van der Waals surface area contributed by atoms with Crippen LogP contribution in [0.5, 0.6) is 0 Å². The molecule has 2 bridgehead atoms. The van der Waals surface area contributed by atoms with Crippen molar-refractivity contribution in [2.45, 2.75) is 48.9 Å². The van der Waals surface area contributed by atoms with Crippen molar-refractivity contribution < 1.29 is 29.0 Å². The van der Waals surface area contributed by atoms with E-state index in [1.807, 2.05) is 54.6 Å². The summed E-state index contributed by atoms with van der Waals surface area (Å²) in [5.74, 6) is -3.23. The molecule has 3 heterocycles. The van der Waals surface area contributed by atoms with Gasteiger partial charge < -0.3 is 29.3 Å². The van der Waals surface area contributed by atoms with Crippen molar-refractivity contribution in [3.05, 3.63) is 85.5 Å². The Bertz CT molecular complexity index is 1380. The van der Waals surface area contributed by atoms with Gasteiger partial charge in [-0.2, -0.15) is 0 Å². The van der Waals surface area contributed by atoms with Crippen LogP contribution in [0.15, 0.2) is 79.9 Å². The number of amides is 2. The molecule has 9 nitrogen and oxygen atoms in total. The number of halogens is 1. The van der Waals surface area contributed by atoms with Crippen LogP contribution in [0, 0.1) is 11.8 Å². The molecule has 3 fully saturated rings. The predicted octanol–water partition coefficient (Wildman–Crippen LogP) is 4.26. The van der Waals surface area contributed by atoms with E-state index < -0.39 is 54.1 Å². The number of hydrogen-bond acceptors (Lipinski definition) is 7. The van der Waals surface area contributed by atoms with Gasteiger partial charge in [0.2, 0.25) is 5.91 Å². The first kappa shape index (κ1) is 31.9. The quantitative estimate of drug-likeness (QED) is 0.194. The molecule has 0 saturated carbocycles. The molecule has 44 heavy (non-hydrogen) atoms. The third kappa shape index (κ3) is 5.26. The van der Waals surface area contributed by atoms with Crippen LogP contribution in [0.3, 0.4) is 0 Å². The van der Waals surface area contributed by atoms with Crippen LogP contribution >= 0.6 is 15.9 Å². The summed E-state index contributed by atoms with van der Waals surface area (Å²) in [4.78, 5) is 47.9. The maximum absolute atomic E-state index is 14.9. The van der Waals surface area contributed by atoms with Gasteiger partial charge in [-0.3, -0.25) is 14.4 Å². The molecular formula is C34H40BrN3O6. The smallest absolute Gasteiger partial charge is 0.312 e. The highest BCUT2D eigenvalue weighted by atomic mass is 79.9. The first-order valence-electron chi connectivity index (χ1n) is 15.1. The Hall–Kier alpha value is -3.47. The molecule has 2 aromatic carbocycles. The molecule has 3 unspecified atom stereocenters. The third-order valence-electron chi connectivity index (χ3n) is 9.14. The zero-order valence-electron chi connectivity index (χ0n) is 25.2. The summed E-state index contributed by atoms with van der Waals surface area (Å²) in [7, 11) is 0. The van der Waals surface area contributed by atoms with Gasteiger partial charge in [-0.05, 0) is 50.1 Å². The molecule has 3 aliphatic rings. The fourth-order valence-electron chi connectivity index (χ4n) is 7.25. The number of aliphatic hydroxyl groups excluding tert-OH is 1. The summed E-state index contributed by atoms with van der Waals surface area (Å²) >= 11 is 3.69. The van der Waals surface area contributed by atoms with E-state index in [1.165, 1.54) is 11.0 Å². The summed E-state index contributed by atoms with van der Waals surface area (Å²) < 4.78 is 12.1. The standard InChI is InChI=1S/C34H40BrN3O6/c1-5-18-37(24-16-14-23(15-17-24)36(7-3)8-4)32(41)30-34-20-25(35)29(44-34)27(33(42)43-19-6-2)28(34)31(40)38(30)26(21-39)22-12-10-9-11-13-22/h5-6,9-17,25-30,39H,1-2,7-8,18-21H2,3-4H3/t25?,26-,27+,28+,29+,30?,34?/m1/s1. The minimum Gasteiger partial charge on any atom is -0.461 e. The van der Waals surface area contributed by atoms with Crippen molar-refractivity contribution in [2.75, 3.05) is 42.6 Å². The van der Waals surface area contributed by atoms with Crippen LogP contribution in [0.25, 0.3) is 0 Å². The number of benzene rings is 2. The Morgan fingerprint density at radius 2 is 1.77 bits per heavy atom. The summed E-state index contributed by atoms with van der Waals surface area (Å²) in [6, 6.07) is 14.9. The molecule has 2 amide bonds. The number of carbonyl (C=O) groups is 3. The Morgan fingerprint density at radius 3 is 2.36 bits per heavy atom. The highest BCUT2D eigenvalue weighted by Gasteiger charge is 2.77. The highest BCUT2D eigenvalue weighted by Crippen LogP contribution is 2.61. The second kappa shape index (κ2) is 13.3. The van der Waals surface area contributed by atoms with Gasteiger partial charge in [0.1, 0.15) is 18.2 Å². The van der Waals surface area contributed by atoms with Crippen LogP contribution in [0.1, 0.15) is 31.9 Å². The van der Waals surface area contributed by atoms with E-state index in [0.29, 0.717) is 17.7 Å². The predicted molar refractivity (Wildman–Crippen MR) is 173 cm³/mol. The van der Waals surface area contributed by atoms with E-state index in [9.17, 15) is 19.5 Å². The van der Waals surface area contributed by atoms with Crippen molar-refractivity contribution in [1.29, 1.82) is 0 Å². The maximum atomic E-state index is 14.9. The van der Waals surface area contributed by atoms with E-state index in [1.54, 1.807) is 11.0 Å². The molecule has 10 heteroatoms. The molecule has 5 rings (SSSR count). The first-order chi connectivity index (χ1) is 21.3. The van der Waals surface area contributed by atoms with Gasteiger partial charge >= 0.3 is 5.97 Å². The topological polar surface area (TPSA) is 99.6 Å². The van der Waals surface area contributed by atoms with Gasteiger partial charge in [0.05, 0.1) is 30.6 Å². The number of likely N-dealkylation sites (tertiary alicyclic amines) is 1. The van der Waals surface area contributed by atoms with E-state index in [-0.39, 0.29) is 23.9 Å². The van der Waals surface area contributed by atoms with Gasteiger partial charge in [-0.1, -0.05) is 65.0 Å². The van der Waals surface area contributed by atoms with Crippen molar-refractivity contribution in [1.82, 2.24) is 4.90 Å². The summed E-state index contributed by atoms with van der Waals surface area (Å²) in [6.07, 6.45) is 2.80. The van der Waals surface area contributed by atoms with Crippen LogP contribution < -0.4 is 9.80 Å². The number of anilines is 2. The third-order valence-corrected chi connectivity index (χ3v) is 9.98. The van der Waals surface area contributed by atoms with Gasteiger partial charge in [-0.15, -0.1) is 6.58 Å². The van der Waals surface area contributed by atoms with Gasteiger partial charge in [-0.25, -0.2) is 0 Å². The maximum Gasteiger partial charge on any atom is 0.312 e. The van der Waals surface area contributed by atoms with Crippen LogP contribution in [0.4, 0.5) is 11.4 Å². The average Bonchev–Trinajstić information content (AvgIpc) is 3.64. The van der Waals surface area contributed by atoms with Crippen LogP contribution in [0.2, 0.25) is 0 Å². The molecule has 1 N–H and O–H groups in total. The number of rotatable bonds is 13. The van der Waals surface area contributed by atoms with Gasteiger partial charge in [0, 0.05) is 35.8 Å². The number of aliphatic hydroxyl groups is 1. The van der Waals surface area contributed by atoms with Crippen molar-refractivity contribution >= 4 is 45.1 Å². The Morgan fingerprint density at radius 1 is 1.11 bits per heavy atom. The molecule has 2 aromatic rings. The molecule has 3 aliphatic heterocycles. The fraction of sp³-hybridized carbons (Fsp3) is 0.441. The van der Waals surface area contributed by atoms with E-state index in [4.69, 9.17) is 9.47 Å². The normalized spacial score (nSPS) is 27.5. The number of alkyl halides is 1. The van der Waals surface area contributed by atoms with Crippen molar-refractivity contribution in [3.8, 4) is 0 Å². The fourth-order valence-corrected chi connectivity index (χ4v) is 8.19. The first-order valence-corrected chi connectivity index (χ1v) is 16.0. The lowest BCUT2D eigenvalue weighted by atomic mass is 9.70. The number of hydrogen-bond donors (Lipinski definition) is 1. The largest absolute Gasteiger partial charge is 0.461 e. The van der Waals surface area contributed by atoms with Crippen LogP contribution in [-0.4, -0.2) is 83.2 Å². The lowest BCUT2D eigenvalue weighted by Crippen LogP contribution is -2.57. The minimum atomic E-state index is -1.31. The average molecular weight is 667 g/mol. The molecule has 0 radical (unpaired) electrons. The molecule has 3 saturated heterocycles.